The number of hydrogen-bond donors (Lipinski definition) is 0. The molecule has 1 saturated heterocycles. The Labute approximate surface area is 176 Å². The molecule has 0 radical (unpaired) electrons. The van der Waals surface area contributed by atoms with Crippen molar-refractivity contribution in [3.63, 3.8) is 0 Å². The van der Waals surface area contributed by atoms with Crippen LogP contribution in [0, 0.1) is 5.92 Å². The second-order valence-electron chi connectivity index (χ2n) is 8.09. The highest BCUT2D eigenvalue weighted by Gasteiger charge is 2.43. The van der Waals surface area contributed by atoms with Crippen LogP contribution in [0.25, 0.3) is 0 Å². The lowest BCUT2D eigenvalue weighted by atomic mass is 10.0. The third-order valence-electron chi connectivity index (χ3n) is 5.47. The first-order valence-electron chi connectivity index (χ1n) is 11.6. The second kappa shape index (κ2) is 13.5. The van der Waals surface area contributed by atoms with Crippen LogP contribution in [0.2, 0.25) is 0 Å². The zero-order valence-corrected chi connectivity index (χ0v) is 19.2. The van der Waals surface area contributed by atoms with E-state index in [1.54, 1.807) is 0 Å². The Morgan fingerprint density at radius 1 is 0.897 bits per heavy atom. The van der Waals surface area contributed by atoms with E-state index < -0.39 is 7.82 Å². The summed E-state index contributed by atoms with van der Waals surface area (Å²) in [4.78, 5) is 12.0. The van der Waals surface area contributed by atoms with E-state index in [0.29, 0.717) is 24.4 Å². The minimum absolute atomic E-state index is 0.129. The summed E-state index contributed by atoms with van der Waals surface area (Å²) in [5, 5.41) is 0. The summed E-state index contributed by atoms with van der Waals surface area (Å²) in [5.74, 6) is -0.189. The van der Waals surface area contributed by atoms with Gasteiger partial charge in [-0.15, -0.1) is 0 Å². The van der Waals surface area contributed by atoms with E-state index in [1.807, 2.05) is 6.92 Å². The highest BCUT2D eigenvalue weighted by molar-refractivity contribution is 7.48. The number of phosphoric acid groups is 1. The molecule has 0 aliphatic carbocycles. The molecule has 2 heterocycles. The predicted molar refractivity (Wildman–Crippen MR) is 113 cm³/mol. The Hall–Kier alpha value is -0.840. The maximum Gasteiger partial charge on any atom is 0.529 e. The normalized spacial score (nSPS) is 24.2. The maximum atomic E-state index is 12.9. The van der Waals surface area contributed by atoms with Gasteiger partial charge in [-0.25, -0.2) is 9.36 Å². The molecule has 0 bridgehead atoms. The lowest BCUT2D eigenvalue weighted by molar-refractivity contribution is -0.135. The van der Waals surface area contributed by atoms with Crippen molar-refractivity contribution >= 4 is 13.8 Å². The van der Waals surface area contributed by atoms with Crippen LogP contribution >= 0.6 is 7.82 Å². The molecule has 1 fully saturated rings. The SMILES string of the molecule is CCCCCCCCCCCCCOP1(=O)OCC2COC(=O)C2=C(CCC)O1. The number of carbonyl (C=O) groups is 1. The standard InChI is InChI=1S/C22H39O6P/c1-3-5-6-7-8-9-10-11-12-13-14-16-26-29(24)27-18-19-17-25-22(23)21(19)20(28-29)15-4-2/h19H,3-18H2,1-2H3. The Morgan fingerprint density at radius 2 is 1.52 bits per heavy atom. The van der Waals surface area contributed by atoms with Gasteiger partial charge in [0.05, 0.1) is 24.7 Å². The molecular weight excluding hydrogens is 391 g/mol. The summed E-state index contributed by atoms with van der Waals surface area (Å²) in [6.45, 7) is 4.96. The van der Waals surface area contributed by atoms with E-state index in [2.05, 4.69) is 6.92 Å². The molecular formula is C22H39O6P. The van der Waals surface area contributed by atoms with Crippen LogP contribution < -0.4 is 0 Å². The summed E-state index contributed by atoms with van der Waals surface area (Å²) in [6.07, 6.45) is 15.0. The highest BCUT2D eigenvalue weighted by Crippen LogP contribution is 2.55. The third kappa shape index (κ3) is 8.43. The van der Waals surface area contributed by atoms with Gasteiger partial charge in [0.2, 0.25) is 0 Å². The highest BCUT2D eigenvalue weighted by atomic mass is 31.2. The van der Waals surface area contributed by atoms with Gasteiger partial charge in [-0.05, 0) is 12.8 Å². The molecule has 29 heavy (non-hydrogen) atoms. The maximum absolute atomic E-state index is 12.9. The molecule has 2 aliphatic heterocycles. The van der Waals surface area contributed by atoms with Gasteiger partial charge in [0.15, 0.2) is 0 Å². The number of ether oxygens (including phenoxy) is 1. The van der Waals surface area contributed by atoms with Crippen LogP contribution in [0.15, 0.2) is 11.3 Å². The van der Waals surface area contributed by atoms with Gasteiger partial charge in [0, 0.05) is 6.42 Å². The first-order valence-corrected chi connectivity index (χ1v) is 13.0. The number of rotatable bonds is 15. The van der Waals surface area contributed by atoms with Crippen molar-refractivity contribution in [3.8, 4) is 0 Å². The van der Waals surface area contributed by atoms with Crippen LogP contribution in [0.1, 0.15) is 97.3 Å². The lowest BCUT2D eigenvalue weighted by Crippen LogP contribution is -2.10. The van der Waals surface area contributed by atoms with Gasteiger partial charge < -0.3 is 9.26 Å². The monoisotopic (exact) mass is 430 g/mol. The van der Waals surface area contributed by atoms with Crippen LogP contribution in [-0.4, -0.2) is 25.8 Å². The van der Waals surface area contributed by atoms with E-state index in [1.165, 1.54) is 57.8 Å². The smallest absolute Gasteiger partial charge is 0.461 e. The fraction of sp³-hybridized carbons (Fsp3) is 0.864. The molecule has 2 aliphatic rings. The minimum Gasteiger partial charge on any atom is -0.461 e. The zero-order chi connectivity index (χ0) is 21.0. The molecule has 2 unspecified atom stereocenters. The van der Waals surface area contributed by atoms with Crippen molar-refractivity contribution in [3.05, 3.63) is 11.3 Å². The number of phosphoric ester groups is 1. The number of allylic oxidation sites excluding steroid dienone is 1. The third-order valence-corrected chi connectivity index (χ3v) is 6.88. The summed E-state index contributed by atoms with van der Waals surface area (Å²) in [6, 6.07) is 0. The van der Waals surface area contributed by atoms with E-state index >= 15 is 0 Å². The van der Waals surface area contributed by atoms with Crippen molar-refractivity contribution in [2.75, 3.05) is 19.8 Å². The number of esters is 1. The molecule has 0 aromatic carbocycles. The Bertz CT molecular complexity index is 574. The molecule has 2 atom stereocenters. The molecule has 0 aromatic rings. The van der Waals surface area contributed by atoms with E-state index in [9.17, 15) is 9.36 Å². The molecule has 0 N–H and O–H groups in total. The molecule has 0 aromatic heterocycles. The van der Waals surface area contributed by atoms with Gasteiger partial charge in [-0.3, -0.25) is 9.05 Å². The van der Waals surface area contributed by atoms with Crippen molar-refractivity contribution in [2.45, 2.75) is 97.3 Å². The molecule has 7 heteroatoms. The number of carbonyl (C=O) groups excluding carboxylic acids is 1. The number of fused-ring (bicyclic) bond motifs is 1. The van der Waals surface area contributed by atoms with Crippen molar-refractivity contribution < 1.29 is 27.7 Å². The van der Waals surface area contributed by atoms with E-state index in [0.717, 1.165) is 19.3 Å². The molecule has 0 spiro atoms. The Kier molecular flexibility index (Phi) is 11.3. The quantitative estimate of drug-likeness (QED) is 0.164. The van der Waals surface area contributed by atoms with Crippen molar-refractivity contribution in [1.29, 1.82) is 0 Å². The number of hydrogen-bond acceptors (Lipinski definition) is 6. The fourth-order valence-corrected chi connectivity index (χ4v) is 5.14. The second-order valence-corrected chi connectivity index (χ2v) is 9.68. The van der Waals surface area contributed by atoms with Crippen molar-refractivity contribution in [1.82, 2.24) is 0 Å². The predicted octanol–water partition coefficient (Wildman–Crippen LogP) is 6.70. The van der Waals surface area contributed by atoms with E-state index in [-0.39, 0.29) is 25.1 Å². The number of cyclic esters (lactones) is 1. The Balaban J connectivity index is 1.62. The summed E-state index contributed by atoms with van der Waals surface area (Å²) >= 11 is 0. The first kappa shape index (κ1) is 24.4. The van der Waals surface area contributed by atoms with Crippen LogP contribution in [0.5, 0.6) is 0 Å². The van der Waals surface area contributed by atoms with Crippen LogP contribution in [0.4, 0.5) is 0 Å². The van der Waals surface area contributed by atoms with Crippen molar-refractivity contribution in [2.24, 2.45) is 5.92 Å². The molecule has 0 saturated carbocycles. The summed E-state index contributed by atoms with van der Waals surface area (Å²) < 4.78 is 34.6. The van der Waals surface area contributed by atoms with E-state index in [4.69, 9.17) is 18.3 Å². The topological polar surface area (TPSA) is 71.1 Å². The molecule has 6 nitrogen and oxygen atoms in total. The van der Waals surface area contributed by atoms with Gasteiger partial charge in [-0.1, -0.05) is 78.1 Å². The molecule has 168 valence electrons. The minimum atomic E-state index is -3.67. The summed E-state index contributed by atoms with van der Waals surface area (Å²) in [5.41, 5.74) is 0.475. The van der Waals surface area contributed by atoms with Gasteiger partial charge in [0.25, 0.3) is 0 Å². The van der Waals surface area contributed by atoms with Gasteiger partial charge in [0.1, 0.15) is 12.4 Å². The average molecular weight is 431 g/mol. The first-order chi connectivity index (χ1) is 14.1. The average Bonchev–Trinajstić information content (AvgIpc) is 3.00. The Morgan fingerprint density at radius 3 is 2.14 bits per heavy atom. The largest absolute Gasteiger partial charge is 0.529 e. The fourth-order valence-electron chi connectivity index (χ4n) is 3.78. The van der Waals surface area contributed by atoms with Crippen LogP contribution in [0.3, 0.4) is 0 Å². The van der Waals surface area contributed by atoms with Gasteiger partial charge in [-0.2, -0.15) is 0 Å². The summed E-state index contributed by atoms with van der Waals surface area (Å²) in [7, 11) is -3.67. The number of unbranched alkanes of at least 4 members (excludes halogenated alkanes) is 10. The van der Waals surface area contributed by atoms with Crippen LogP contribution in [-0.2, 0) is 27.7 Å². The molecule has 2 rings (SSSR count). The lowest BCUT2D eigenvalue weighted by Gasteiger charge is -2.18. The molecule has 0 amide bonds. The zero-order valence-electron chi connectivity index (χ0n) is 18.3. The van der Waals surface area contributed by atoms with Gasteiger partial charge >= 0.3 is 13.8 Å².